The molecule has 0 unspecified atom stereocenters. The van der Waals surface area contributed by atoms with Gasteiger partial charge >= 0.3 is 0 Å². The molecule has 26 aromatic rings. The molecular weight excluding hydrogens is 1730 g/mol. The Morgan fingerprint density at radius 3 is 0.757 bits per heavy atom. The van der Waals surface area contributed by atoms with Gasteiger partial charge in [0.1, 0.15) is 0 Å². The third-order valence-electron chi connectivity index (χ3n) is 28.6. The summed E-state index contributed by atoms with van der Waals surface area (Å²) in [6.45, 7) is 23.6. The number of fused-ring (bicyclic) bond motifs is 17. The van der Waals surface area contributed by atoms with Crippen molar-refractivity contribution in [1.29, 1.82) is 0 Å². The molecule has 0 nitrogen and oxygen atoms in total. The Balaban J connectivity index is 0.000000106. The van der Waals surface area contributed by atoms with Crippen LogP contribution in [0.15, 0.2) is 525 Å². The van der Waals surface area contributed by atoms with Crippen molar-refractivity contribution >= 4 is 199 Å². The summed E-state index contributed by atoms with van der Waals surface area (Å²) in [6.07, 6.45) is 18.4. The highest BCUT2D eigenvalue weighted by molar-refractivity contribution is 6.29. The molecule has 0 N–H and O–H groups in total. The van der Waals surface area contributed by atoms with E-state index in [0.717, 1.165) is 33.4 Å². The average Bonchev–Trinajstić information content (AvgIpc) is 0.729. The van der Waals surface area contributed by atoms with E-state index in [9.17, 15) is 0 Å². The molecule has 0 bridgehead atoms. The first-order valence-electron chi connectivity index (χ1n) is 49.6. The Hall–Kier alpha value is -18.5. The van der Waals surface area contributed by atoms with Crippen molar-refractivity contribution < 1.29 is 0 Å². The van der Waals surface area contributed by atoms with Crippen LogP contribution in [-0.4, -0.2) is 0 Å². The Morgan fingerprint density at radius 1 is 0.139 bits per heavy atom. The summed E-state index contributed by atoms with van der Waals surface area (Å²) in [6, 6.07) is 175. The lowest BCUT2D eigenvalue weighted by molar-refractivity contribution is 1.12. The monoisotopic (exact) mass is 1830 g/mol. The predicted octanol–water partition coefficient (Wildman–Crippen LogP) is 39.5. The molecule has 0 heterocycles. The summed E-state index contributed by atoms with van der Waals surface area (Å²) in [5.74, 6) is 0. The largest absolute Gasteiger partial charge is 0.0984 e. The van der Waals surface area contributed by atoms with E-state index in [2.05, 4.69) is 501 Å². The van der Waals surface area contributed by atoms with Gasteiger partial charge in [-0.15, -0.1) is 0 Å². The molecule has 0 spiro atoms. The van der Waals surface area contributed by atoms with Crippen molar-refractivity contribution in [3.63, 3.8) is 0 Å². The molecule has 1 aliphatic rings. The van der Waals surface area contributed by atoms with Gasteiger partial charge in [0.2, 0.25) is 0 Å². The summed E-state index contributed by atoms with van der Waals surface area (Å²) >= 11 is 0. The SMILES string of the molecule is C1=c2ccccc2=CCC1.C=Cc1c(C=C)c(-c2cc3ccccc3c3ccccc23)c2ccccc2c1-c1ccc2ccccc2c1.C=Cc1cc2ccccc2cc1C=C.C=Cc1ccccc1C=C.c1ccc2c(-c3c4ccccc4c(-c4cc5ccccc5c5ccccc45)c4ccccc34)cccc2c1.c1ccc2cc(-c3c4ccccc4c(-c4cccc5ccccc45)c4ccccc34)ccc2c1. The Labute approximate surface area is 841 Å². The summed E-state index contributed by atoms with van der Waals surface area (Å²) in [5, 5.41) is 38.3. The molecule has 0 fully saturated rings. The quantitative estimate of drug-likeness (QED) is 0.0845. The lowest BCUT2D eigenvalue weighted by atomic mass is 9.81. The van der Waals surface area contributed by atoms with Gasteiger partial charge in [-0.1, -0.05) is 537 Å². The molecule has 0 aromatic heterocycles. The van der Waals surface area contributed by atoms with E-state index in [0.29, 0.717) is 0 Å². The average molecular weight is 1830 g/mol. The van der Waals surface area contributed by atoms with Crippen molar-refractivity contribution in [2.24, 2.45) is 0 Å². The Morgan fingerprint density at radius 2 is 0.389 bits per heavy atom. The second-order valence-corrected chi connectivity index (χ2v) is 36.7. The Bertz CT molecular complexity index is 9500. The van der Waals surface area contributed by atoms with Gasteiger partial charge in [-0.2, -0.15) is 0 Å². The molecule has 0 aliphatic heterocycles. The van der Waals surface area contributed by atoms with Crippen LogP contribution in [0, 0.1) is 0 Å². The molecule has 680 valence electrons. The maximum Gasteiger partial charge on any atom is -0.00199 e. The van der Waals surface area contributed by atoms with Crippen LogP contribution in [-0.2, 0) is 0 Å². The summed E-state index contributed by atoms with van der Waals surface area (Å²) in [7, 11) is 0. The third kappa shape index (κ3) is 17.4. The molecule has 0 saturated carbocycles. The summed E-state index contributed by atoms with van der Waals surface area (Å²) < 4.78 is 0. The van der Waals surface area contributed by atoms with Crippen molar-refractivity contribution in [3.05, 3.63) is 569 Å². The fraction of sp³-hybridized carbons (Fsp3) is 0.0139. The highest BCUT2D eigenvalue weighted by atomic mass is 14.3. The minimum atomic E-state index is 1.11. The first-order valence-corrected chi connectivity index (χ1v) is 49.6. The van der Waals surface area contributed by atoms with Gasteiger partial charge in [0.25, 0.3) is 0 Å². The van der Waals surface area contributed by atoms with E-state index in [-0.39, 0.29) is 0 Å². The first-order chi connectivity index (χ1) is 71.2. The van der Waals surface area contributed by atoms with Crippen LogP contribution in [0.2, 0.25) is 0 Å². The van der Waals surface area contributed by atoms with Crippen molar-refractivity contribution in [1.82, 2.24) is 0 Å². The van der Waals surface area contributed by atoms with Crippen LogP contribution in [0.5, 0.6) is 0 Å². The van der Waals surface area contributed by atoms with Crippen molar-refractivity contribution in [2.45, 2.75) is 12.8 Å². The van der Waals surface area contributed by atoms with E-state index in [1.165, 1.54) is 241 Å². The van der Waals surface area contributed by atoms with Gasteiger partial charge in [0.05, 0.1) is 0 Å². The molecule has 0 atom stereocenters. The van der Waals surface area contributed by atoms with Gasteiger partial charge in [-0.3, -0.25) is 0 Å². The molecular formula is C144H104. The topological polar surface area (TPSA) is 0 Å². The van der Waals surface area contributed by atoms with Crippen LogP contribution < -0.4 is 10.4 Å². The van der Waals surface area contributed by atoms with E-state index in [1.807, 2.05) is 72.9 Å². The maximum atomic E-state index is 4.31. The van der Waals surface area contributed by atoms with Gasteiger partial charge in [-0.25, -0.2) is 0 Å². The fourth-order valence-electron chi connectivity index (χ4n) is 21.9. The third-order valence-corrected chi connectivity index (χ3v) is 28.6. The van der Waals surface area contributed by atoms with Crippen LogP contribution in [0.25, 0.3) is 266 Å². The van der Waals surface area contributed by atoms with E-state index < -0.39 is 0 Å². The standard InChI is InChI=1S/C38H24.C38H26.C34H22.C14H12.2C10H10/c1-3-15-27-25(12-1)14-11-23-31(27)37-32-19-7-9-21-34(32)38(35-22-10-8-20-33(35)37)36-24-26-13-2-4-16-28(26)29-17-5-6-18-30(29)36;1-3-29-30(4-2)38(36-24-27-15-7-8-16-31(27)32-17-9-10-18-33(32)36)35-20-12-11-19-34(35)37(29)28-22-21-25-13-5-6-14-26(25)23-28;1-2-12-25-22-26(21-20-23(25)10-1)33-29-15-5-7-17-31(29)34(32-18-8-6-16-30(32)33)28-19-9-13-24-11-3-4-14-27(24)28;1-3-11-9-13-7-5-6-8-14(13)10-12(11)4-2;1-2-6-10-8-4-3-7-9(10)5-1;1-3-9-7-5-6-8-10(9)4-2/h1-24H;3-24H,1-2H2;1-22H;3-10H,1-2H2;1-2,5-8H,3-4H2;3-8H,1-2H2. The highest BCUT2D eigenvalue weighted by Crippen LogP contribution is 2.52. The van der Waals surface area contributed by atoms with Crippen LogP contribution >= 0.6 is 0 Å². The molecule has 27 rings (SSSR count). The molecule has 0 amide bonds. The molecule has 26 aromatic carbocycles. The molecule has 144 heavy (non-hydrogen) atoms. The minimum Gasteiger partial charge on any atom is -0.0984 e. The molecule has 0 saturated heterocycles. The molecule has 0 heteroatoms. The smallest absolute Gasteiger partial charge is 0.00199 e. The highest BCUT2D eigenvalue weighted by Gasteiger charge is 2.25. The van der Waals surface area contributed by atoms with Gasteiger partial charge < -0.3 is 0 Å². The fourth-order valence-corrected chi connectivity index (χ4v) is 21.9. The summed E-state index contributed by atoms with van der Waals surface area (Å²) in [4.78, 5) is 0. The zero-order valence-corrected chi connectivity index (χ0v) is 80.5. The normalized spacial score (nSPS) is 11.4. The zero-order valence-electron chi connectivity index (χ0n) is 80.5. The van der Waals surface area contributed by atoms with Crippen molar-refractivity contribution in [2.75, 3.05) is 0 Å². The number of rotatable bonds is 12. The second kappa shape index (κ2) is 40.9. The lowest BCUT2D eigenvalue weighted by Crippen LogP contribution is -2.25. The van der Waals surface area contributed by atoms with Gasteiger partial charge in [0, 0.05) is 0 Å². The number of benzene rings is 26. The first kappa shape index (κ1) is 90.7. The Kier molecular flexibility index (Phi) is 25.8. The maximum absolute atomic E-state index is 4.31. The molecule has 1 aliphatic carbocycles. The van der Waals surface area contributed by atoms with E-state index in [4.69, 9.17) is 0 Å². The number of hydrogen-bond donors (Lipinski definition) is 0. The van der Waals surface area contributed by atoms with Crippen molar-refractivity contribution in [3.8, 4) is 66.8 Å². The lowest BCUT2D eigenvalue weighted by Gasteiger charge is -2.22. The number of hydrogen-bond acceptors (Lipinski definition) is 0. The minimum absolute atomic E-state index is 1.11. The van der Waals surface area contributed by atoms with E-state index >= 15 is 0 Å². The van der Waals surface area contributed by atoms with Gasteiger partial charge in [0.15, 0.2) is 0 Å². The van der Waals surface area contributed by atoms with Gasteiger partial charge in [-0.05, 0) is 311 Å². The van der Waals surface area contributed by atoms with Crippen LogP contribution in [0.3, 0.4) is 0 Å². The van der Waals surface area contributed by atoms with E-state index in [1.54, 1.807) is 0 Å². The molecule has 0 radical (unpaired) electrons. The summed E-state index contributed by atoms with van der Waals surface area (Å²) in [5.41, 5.74) is 21.9. The zero-order chi connectivity index (χ0) is 97.4. The van der Waals surface area contributed by atoms with Crippen LogP contribution in [0.4, 0.5) is 0 Å². The predicted molar refractivity (Wildman–Crippen MR) is 634 cm³/mol. The van der Waals surface area contributed by atoms with Crippen LogP contribution in [0.1, 0.15) is 46.2 Å². The second-order valence-electron chi connectivity index (χ2n) is 36.7.